The van der Waals surface area contributed by atoms with Crippen molar-refractivity contribution in [2.45, 2.75) is 71.6 Å². The van der Waals surface area contributed by atoms with Gasteiger partial charge in [-0.3, -0.25) is 4.90 Å². The number of nitrogens with one attached hydrogen (secondary N) is 1. The van der Waals surface area contributed by atoms with Crippen molar-refractivity contribution < 1.29 is 13.2 Å². The predicted octanol–water partition coefficient (Wildman–Crippen LogP) is 3.82. The van der Waals surface area contributed by atoms with E-state index in [1.54, 1.807) is 4.90 Å². The summed E-state index contributed by atoms with van der Waals surface area (Å²) in [4.78, 5) is 1.66. The van der Waals surface area contributed by atoms with Gasteiger partial charge in [-0.1, -0.05) is 27.7 Å². The first-order valence-corrected chi connectivity index (χ1v) is 7.75. The number of halogens is 3. The van der Waals surface area contributed by atoms with Gasteiger partial charge in [-0.2, -0.15) is 13.2 Å². The summed E-state index contributed by atoms with van der Waals surface area (Å²) in [5, 5.41) is 3.41. The molecule has 1 fully saturated rings. The highest BCUT2D eigenvalue weighted by atomic mass is 19.4. The third-order valence-electron chi connectivity index (χ3n) is 4.37. The molecule has 1 N–H and O–H groups in total. The van der Waals surface area contributed by atoms with Crippen molar-refractivity contribution in [1.82, 2.24) is 10.2 Å². The van der Waals surface area contributed by atoms with E-state index in [1.165, 1.54) is 0 Å². The third-order valence-corrected chi connectivity index (χ3v) is 4.37. The zero-order chi connectivity index (χ0) is 15.4. The second-order valence-electron chi connectivity index (χ2n) is 6.49. The summed E-state index contributed by atoms with van der Waals surface area (Å²) >= 11 is 0. The van der Waals surface area contributed by atoms with Crippen molar-refractivity contribution in [3.05, 3.63) is 0 Å². The average Bonchev–Trinajstić information content (AvgIpc) is 3.16. The molecule has 1 saturated carbocycles. The number of hydrogen-bond acceptors (Lipinski definition) is 2. The first-order chi connectivity index (χ1) is 9.21. The van der Waals surface area contributed by atoms with Crippen molar-refractivity contribution >= 4 is 0 Å². The van der Waals surface area contributed by atoms with Gasteiger partial charge in [-0.15, -0.1) is 0 Å². The van der Waals surface area contributed by atoms with E-state index >= 15 is 0 Å². The summed E-state index contributed by atoms with van der Waals surface area (Å²) < 4.78 is 38.2. The molecule has 20 heavy (non-hydrogen) atoms. The van der Waals surface area contributed by atoms with Gasteiger partial charge in [-0.05, 0) is 31.1 Å². The van der Waals surface area contributed by atoms with Crippen LogP contribution in [0.1, 0.15) is 53.4 Å². The van der Waals surface area contributed by atoms with Crippen molar-refractivity contribution in [2.24, 2.45) is 5.41 Å². The maximum Gasteiger partial charge on any atom is 0.401 e. The summed E-state index contributed by atoms with van der Waals surface area (Å²) in [7, 11) is 0. The molecule has 0 unspecified atom stereocenters. The molecule has 0 aromatic rings. The van der Waals surface area contributed by atoms with Gasteiger partial charge in [-0.25, -0.2) is 0 Å². The Kier molecular flexibility index (Phi) is 6.32. The minimum atomic E-state index is -4.10. The largest absolute Gasteiger partial charge is 0.401 e. The van der Waals surface area contributed by atoms with Crippen LogP contribution >= 0.6 is 0 Å². The Bertz CT molecular complexity index is 281. The van der Waals surface area contributed by atoms with Crippen LogP contribution in [-0.4, -0.2) is 42.8 Å². The quantitative estimate of drug-likeness (QED) is 0.695. The molecule has 1 aliphatic rings. The molecule has 0 atom stereocenters. The Hall–Kier alpha value is -0.290. The van der Waals surface area contributed by atoms with E-state index in [0.29, 0.717) is 12.6 Å². The second kappa shape index (κ2) is 7.12. The summed E-state index contributed by atoms with van der Waals surface area (Å²) in [6.45, 7) is 8.90. The van der Waals surface area contributed by atoms with E-state index in [0.717, 1.165) is 32.2 Å². The highest BCUT2D eigenvalue weighted by Gasteiger charge is 2.41. The molecular weight excluding hydrogens is 265 g/mol. The molecular formula is C15H29F3N2. The highest BCUT2D eigenvalue weighted by molar-refractivity contribution is 4.91. The standard InChI is InChI=1S/C15H29F3N2/c1-5-14(6-2,9-19-12(3)4)10-20(13-7-8-13)11-15(16,17)18/h12-13,19H,5-11H2,1-4H3. The zero-order valence-electron chi connectivity index (χ0n) is 13.2. The lowest BCUT2D eigenvalue weighted by molar-refractivity contribution is -0.150. The molecule has 120 valence electrons. The van der Waals surface area contributed by atoms with Crippen LogP contribution in [0.25, 0.3) is 0 Å². The minimum Gasteiger partial charge on any atom is -0.314 e. The van der Waals surface area contributed by atoms with Crippen molar-refractivity contribution in [1.29, 1.82) is 0 Å². The molecule has 0 spiro atoms. The van der Waals surface area contributed by atoms with Gasteiger partial charge in [0, 0.05) is 25.2 Å². The Labute approximate surface area is 121 Å². The lowest BCUT2D eigenvalue weighted by Crippen LogP contribution is -2.48. The predicted molar refractivity (Wildman–Crippen MR) is 76.8 cm³/mol. The zero-order valence-corrected chi connectivity index (χ0v) is 13.2. The van der Waals surface area contributed by atoms with Crippen molar-refractivity contribution in [2.75, 3.05) is 19.6 Å². The van der Waals surface area contributed by atoms with Crippen molar-refractivity contribution in [3.63, 3.8) is 0 Å². The summed E-state index contributed by atoms with van der Waals surface area (Å²) in [6.07, 6.45) is -0.454. The average molecular weight is 294 g/mol. The maximum absolute atomic E-state index is 12.7. The van der Waals surface area contributed by atoms with Gasteiger partial charge in [0.15, 0.2) is 0 Å². The van der Waals surface area contributed by atoms with Crippen LogP contribution in [0.3, 0.4) is 0 Å². The van der Waals surface area contributed by atoms with Crippen LogP contribution < -0.4 is 5.32 Å². The molecule has 0 radical (unpaired) electrons. The molecule has 1 aliphatic carbocycles. The smallest absolute Gasteiger partial charge is 0.314 e. The van der Waals surface area contributed by atoms with E-state index in [4.69, 9.17) is 0 Å². The summed E-state index contributed by atoms with van der Waals surface area (Å²) in [5.41, 5.74) is -0.0574. The molecule has 0 aliphatic heterocycles. The lowest BCUT2D eigenvalue weighted by Gasteiger charge is -2.38. The maximum atomic E-state index is 12.7. The van der Waals surface area contributed by atoms with E-state index < -0.39 is 12.7 Å². The van der Waals surface area contributed by atoms with Crippen LogP contribution in [0, 0.1) is 5.41 Å². The Balaban J connectivity index is 2.69. The fraction of sp³-hybridized carbons (Fsp3) is 1.00. The molecule has 0 amide bonds. The van der Waals surface area contributed by atoms with Crippen LogP contribution in [0.5, 0.6) is 0 Å². The van der Waals surface area contributed by atoms with E-state index in [2.05, 4.69) is 33.0 Å². The Morgan fingerprint density at radius 2 is 1.65 bits per heavy atom. The Morgan fingerprint density at radius 1 is 1.10 bits per heavy atom. The van der Waals surface area contributed by atoms with Gasteiger partial charge in [0.1, 0.15) is 0 Å². The van der Waals surface area contributed by atoms with Crippen LogP contribution in [0.2, 0.25) is 0 Å². The van der Waals surface area contributed by atoms with Gasteiger partial charge in [0.05, 0.1) is 6.54 Å². The SMILES string of the molecule is CCC(CC)(CNC(C)C)CN(CC(F)(F)F)C1CC1. The molecule has 0 aromatic heterocycles. The molecule has 0 bridgehead atoms. The van der Waals surface area contributed by atoms with Crippen molar-refractivity contribution in [3.8, 4) is 0 Å². The third kappa shape index (κ3) is 6.00. The van der Waals surface area contributed by atoms with E-state index in [1.807, 2.05) is 0 Å². The van der Waals surface area contributed by atoms with E-state index in [-0.39, 0.29) is 11.5 Å². The number of alkyl halides is 3. The highest BCUT2D eigenvalue weighted by Crippen LogP contribution is 2.35. The molecule has 0 heterocycles. The first-order valence-electron chi connectivity index (χ1n) is 7.75. The monoisotopic (exact) mass is 294 g/mol. The van der Waals surface area contributed by atoms with E-state index in [9.17, 15) is 13.2 Å². The molecule has 2 nitrogen and oxygen atoms in total. The summed E-state index contributed by atoms with van der Waals surface area (Å²) in [5.74, 6) is 0. The van der Waals surface area contributed by atoms with Crippen LogP contribution in [-0.2, 0) is 0 Å². The number of nitrogens with zero attached hydrogens (tertiary/aromatic N) is 1. The van der Waals surface area contributed by atoms with Gasteiger partial charge < -0.3 is 5.32 Å². The van der Waals surface area contributed by atoms with Crippen LogP contribution in [0.4, 0.5) is 13.2 Å². The fourth-order valence-electron chi connectivity index (χ4n) is 2.62. The van der Waals surface area contributed by atoms with Gasteiger partial charge in [0.2, 0.25) is 0 Å². The number of hydrogen-bond donors (Lipinski definition) is 1. The normalized spacial score (nSPS) is 17.2. The lowest BCUT2D eigenvalue weighted by atomic mass is 9.81. The van der Waals surface area contributed by atoms with Gasteiger partial charge >= 0.3 is 6.18 Å². The molecule has 5 heteroatoms. The molecule has 1 rings (SSSR count). The minimum absolute atomic E-state index is 0.0574. The molecule has 0 saturated heterocycles. The fourth-order valence-corrected chi connectivity index (χ4v) is 2.62. The van der Waals surface area contributed by atoms with Gasteiger partial charge in [0.25, 0.3) is 0 Å². The first kappa shape index (κ1) is 17.8. The van der Waals surface area contributed by atoms with Crippen LogP contribution in [0.15, 0.2) is 0 Å². The second-order valence-corrected chi connectivity index (χ2v) is 6.49. The topological polar surface area (TPSA) is 15.3 Å². The Morgan fingerprint density at radius 3 is 2.00 bits per heavy atom. The number of rotatable bonds is 9. The molecule has 0 aromatic carbocycles. The summed E-state index contributed by atoms with van der Waals surface area (Å²) in [6, 6.07) is 0.512.